The molecule has 4 fully saturated rings. The van der Waals surface area contributed by atoms with Crippen LogP contribution in [0.3, 0.4) is 0 Å². The molecule has 7 aliphatic heterocycles. The van der Waals surface area contributed by atoms with Crippen LogP contribution in [0.5, 0.6) is 11.5 Å². The first-order valence-corrected chi connectivity index (χ1v) is 33.0. The Kier molecular flexibility index (Phi) is 19.4. The first kappa shape index (κ1) is 66.4. The maximum absolute atomic E-state index is 15.7. The molecule has 0 aromatic heterocycles. The standard InChI is InChI=1S/C70H85N9O16/c1-36(82)29-75-78-54-27-41(14-19-73-54)50-34-92-62-63(88)70(90)18-13-42(24-38-21-39(26-53(50)85)23-40(22-38)30-72-2)52(84)12-10-43-32-93-69(16-5-6-17-69)67(70)95-66(62)94-60-49(55(43)46-7-3-4-8-51(46)79-35-74-57-64(79)76-68(71)77-65(57)89)28-48-56(61(60)91-33-44(83)15-20-80)59(87)47-25-37(31-81)9-11-45(47)58(48)86/h3-4,7-9,11,14,20-23,25,27-28,36,42-44,50,52-53,55,57,62-64,66-68,72-76,78,81-85,88,90H,5-6,10,12,15-17,19,24,26,29-35,71H2,1-2H3,(H,77,89)/t36-,42+,43+,44+,50+,52+,53+,55+,57-,62-,63-,64+,66-,67-,68-,70+/m0/s1. The van der Waals surface area contributed by atoms with E-state index in [9.17, 15) is 45.3 Å². The summed E-state index contributed by atoms with van der Waals surface area (Å²) in [7, 11) is 1.84. The molecule has 4 aromatic rings. The molecule has 0 radical (unpaired) electrons. The van der Waals surface area contributed by atoms with Gasteiger partial charge in [-0.05, 0) is 122 Å². The van der Waals surface area contributed by atoms with Crippen LogP contribution in [0.15, 0.2) is 90.3 Å². The molecule has 1 amide bonds. The molecule has 16 N–H and O–H groups in total. The normalized spacial score (nSPS) is 31.5. The highest BCUT2D eigenvalue weighted by atomic mass is 16.7. The highest BCUT2D eigenvalue weighted by molar-refractivity contribution is 6.29. The van der Waals surface area contributed by atoms with Crippen molar-refractivity contribution >= 4 is 29.4 Å². The summed E-state index contributed by atoms with van der Waals surface area (Å²) in [5.74, 6) is 1.23. The number of nitrogens with one attached hydrogen (secondary N) is 7. The number of hydrazine groups is 1. The Balaban J connectivity index is 1.08. The molecule has 7 heterocycles. The number of anilines is 1. The quantitative estimate of drug-likeness (QED) is 0.0375. The summed E-state index contributed by atoms with van der Waals surface area (Å²) < 4.78 is 36.3. The van der Waals surface area contributed by atoms with Crippen molar-refractivity contribution in [2.24, 2.45) is 23.5 Å². The van der Waals surface area contributed by atoms with Crippen LogP contribution in [-0.4, -0.2) is 185 Å². The Morgan fingerprint density at radius 3 is 2.51 bits per heavy atom. The molecule has 9 aliphatic rings. The fraction of sp³-hybridized carbons (Fsp3) is 0.514. The zero-order valence-electron chi connectivity index (χ0n) is 53.1. The van der Waals surface area contributed by atoms with Crippen LogP contribution in [0.25, 0.3) is 0 Å². The summed E-state index contributed by atoms with van der Waals surface area (Å²) in [6.07, 6.45) is -7.17. The number of rotatable bonds is 15. The Bertz CT molecular complexity index is 3720. The second-order valence-corrected chi connectivity index (χ2v) is 26.8. The predicted octanol–water partition coefficient (Wildman–Crippen LogP) is 0.0941. The van der Waals surface area contributed by atoms with Crippen LogP contribution in [0.4, 0.5) is 5.69 Å². The molecule has 2 aliphatic carbocycles. The minimum Gasteiger partial charge on any atom is -0.486 e. The number of ketones is 2. The number of nitrogens with two attached hydrogens (primary N) is 1. The summed E-state index contributed by atoms with van der Waals surface area (Å²) in [5, 5.41) is 102. The molecule has 506 valence electrons. The number of aldehydes is 1. The van der Waals surface area contributed by atoms with Crippen molar-refractivity contribution in [1.29, 1.82) is 0 Å². The highest BCUT2D eigenvalue weighted by Gasteiger charge is 2.65. The molecule has 13 rings (SSSR count). The Hall–Kier alpha value is -7.20. The number of dihydropyridines is 1. The summed E-state index contributed by atoms with van der Waals surface area (Å²) in [6, 6.07) is 18.8. The van der Waals surface area contributed by atoms with Crippen molar-refractivity contribution in [3.8, 4) is 23.3 Å². The van der Waals surface area contributed by atoms with Crippen molar-refractivity contribution in [3.05, 3.63) is 146 Å². The van der Waals surface area contributed by atoms with E-state index in [4.69, 9.17) is 29.4 Å². The zero-order chi connectivity index (χ0) is 66.4. The molecule has 3 saturated heterocycles. The molecule has 25 heteroatoms. The number of para-hydroxylation sites is 1. The molecular formula is C70H85N9O16. The van der Waals surface area contributed by atoms with Gasteiger partial charge in [0.1, 0.15) is 55.5 Å². The molecule has 4 aromatic carbocycles. The number of carbonyl (C=O) groups is 4. The fourth-order valence-corrected chi connectivity index (χ4v) is 15.6. The monoisotopic (exact) mass is 1310 g/mol. The minimum absolute atomic E-state index is 0.0318. The highest BCUT2D eigenvalue weighted by Crippen LogP contribution is 2.55. The summed E-state index contributed by atoms with van der Waals surface area (Å²) in [5.41, 5.74) is 13.0. The van der Waals surface area contributed by atoms with Crippen LogP contribution in [0.2, 0.25) is 0 Å². The number of allylic oxidation sites excluding steroid dienone is 1. The average molecular weight is 1310 g/mol. The number of hydrogen-bond donors (Lipinski definition) is 15. The van der Waals surface area contributed by atoms with Gasteiger partial charge in [0.05, 0.1) is 68.0 Å². The molecule has 1 spiro atoms. The molecule has 8 bridgehead atoms. The number of hydrogen-bond acceptors (Lipinski definition) is 24. The molecule has 95 heavy (non-hydrogen) atoms. The number of fused-ring (bicyclic) bond motifs is 12. The van der Waals surface area contributed by atoms with E-state index in [-0.39, 0.29) is 97.3 Å². The van der Waals surface area contributed by atoms with E-state index in [2.05, 4.69) is 49.3 Å². The molecule has 0 unspecified atom stereocenters. The van der Waals surface area contributed by atoms with E-state index in [1.807, 2.05) is 60.5 Å². The van der Waals surface area contributed by atoms with Crippen molar-refractivity contribution in [2.75, 3.05) is 51.5 Å². The third kappa shape index (κ3) is 12.9. The first-order valence-electron chi connectivity index (χ1n) is 33.0. The lowest BCUT2D eigenvalue weighted by Crippen LogP contribution is -2.72. The van der Waals surface area contributed by atoms with Gasteiger partial charge < -0.3 is 90.5 Å². The summed E-state index contributed by atoms with van der Waals surface area (Å²) >= 11 is 0. The SMILES string of the molecule is CNCc1cc2cc(c1)C[C@H]1C#C[C@@]3(O)[C@@H](O)[C@H](OC[C@H](C4=CCNC(NNC[C@H](C)O)=C4)[C@H](O)C2)[C@H]2Oc4c(cc5c(c4OC[C@H](O)CC=O)C(=O)c4cc(CO)ccc4C5=O)[C@@H](c4ccccc4N4CN[C@@H]5C(=O)N[C@@H](N)N[C@@H]54)[C@H](CC[C@H]1O)COC1(CCCC1)[C@@H]3O2. The molecule has 1 saturated carbocycles. The minimum atomic E-state index is -2.57. The van der Waals surface area contributed by atoms with Crippen molar-refractivity contribution in [3.63, 3.8) is 0 Å². The van der Waals surface area contributed by atoms with Crippen LogP contribution >= 0.6 is 0 Å². The lowest BCUT2D eigenvalue weighted by Gasteiger charge is -2.53. The van der Waals surface area contributed by atoms with Crippen molar-refractivity contribution < 1.29 is 78.6 Å². The van der Waals surface area contributed by atoms with E-state index >= 15 is 9.59 Å². The van der Waals surface area contributed by atoms with Gasteiger partial charge in [0.25, 0.3) is 0 Å². The number of ether oxygens (including phenoxy) is 5. The molecule has 25 nitrogen and oxygen atoms in total. The van der Waals surface area contributed by atoms with Gasteiger partial charge in [-0.3, -0.25) is 30.8 Å². The number of amides is 1. The predicted molar refractivity (Wildman–Crippen MR) is 344 cm³/mol. The maximum atomic E-state index is 15.7. The summed E-state index contributed by atoms with van der Waals surface area (Å²) in [4.78, 5) is 59.1. The Morgan fingerprint density at radius 1 is 0.926 bits per heavy atom. The van der Waals surface area contributed by atoms with Gasteiger partial charge in [0.15, 0.2) is 28.7 Å². The first-order chi connectivity index (χ1) is 45.9. The zero-order valence-corrected chi connectivity index (χ0v) is 53.1. The van der Waals surface area contributed by atoms with Gasteiger partial charge in [-0.25, -0.2) is 5.43 Å². The van der Waals surface area contributed by atoms with Crippen molar-refractivity contribution in [1.82, 2.24) is 37.4 Å². The van der Waals surface area contributed by atoms with Crippen molar-refractivity contribution in [2.45, 2.75) is 162 Å². The number of aliphatic hydroxyl groups is 7. The summed E-state index contributed by atoms with van der Waals surface area (Å²) in [6.45, 7) is 1.20. The van der Waals surface area contributed by atoms with E-state index in [0.29, 0.717) is 73.3 Å². The molecule has 16 atom stereocenters. The lowest BCUT2D eigenvalue weighted by atomic mass is 9.73. The maximum Gasteiger partial charge on any atom is 0.242 e. The second-order valence-electron chi connectivity index (χ2n) is 26.8. The number of aliphatic hydroxyl groups excluding tert-OH is 6. The van der Waals surface area contributed by atoms with Crippen LogP contribution in [0, 0.1) is 29.6 Å². The van der Waals surface area contributed by atoms with Gasteiger partial charge in [0.2, 0.25) is 12.2 Å². The van der Waals surface area contributed by atoms with Gasteiger partial charge in [0, 0.05) is 65.8 Å². The topological polar surface area (TPSA) is 370 Å². The molecular weight excluding hydrogens is 1220 g/mol. The third-order valence-corrected chi connectivity index (χ3v) is 20.3. The van der Waals surface area contributed by atoms with E-state index in [1.165, 1.54) is 12.1 Å². The number of nitrogens with zero attached hydrogens (tertiary/aromatic N) is 1. The van der Waals surface area contributed by atoms with Crippen LogP contribution in [-0.2, 0) is 49.8 Å². The second kappa shape index (κ2) is 27.7. The van der Waals surface area contributed by atoms with Crippen LogP contribution < -0.4 is 57.5 Å². The third-order valence-electron chi connectivity index (χ3n) is 20.3. The van der Waals surface area contributed by atoms with Crippen LogP contribution in [0.1, 0.15) is 123 Å². The number of carbonyl (C=O) groups excluding carboxylic acids is 4. The van der Waals surface area contributed by atoms with Gasteiger partial charge in [-0.2, -0.15) is 0 Å². The fourth-order valence-electron chi connectivity index (χ4n) is 15.6. The lowest BCUT2D eigenvalue weighted by molar-refractivity contribution is -0.336. The van der Waals surface area contributed by atoms with E-state index in [1.54, 1.807) is 25.1 Å². The Labute approximate surface area is 550 Å². The average Bonchev–Trinajstić information content (AvgIpc) is 1.60. The largest absolute Gasteiger partial charge is 0.486 e. The van der Waals surface area contributed by atoms with Gasteiger partial charge in [-0.1, -0.05) is 73.2 Å². The Morgan fingerprint density at radius 2 is 1.73 bits per heavy atom. The van der Waals surface area contributed by atoms with Gasteiger partial charge >= 0.3 is 0 Å². The number of benzene rings is 4. The van der Waals surface area contributed by atoms with E-state index < -0.39 is 134 Å². The van der Waals surface area contributed by atoms with E-state index in [0.717, 1.165) is 16.7 Å². The smallest absolute Gasteiger partial charge is 0.242 e. The van der Waals surface area contributed by atoms with Gasteiger partial charge in [-0.15, -0.1) is 0 Å².